The lowest BCUT2D eigenvalue weighted by molar-refractivity contribution is -0.136. The average molecular weight is 512 g/mol. The number of carbonyl (C=O) groups is 4. The lowest BCUT2D eigenvalue weighted by Crippen LogP contribution is -2.50. The van der Waals surface area contributed by atoms with Gasteiger partial charge in [0.2, 0.25) is 5.91 Å². The predicted octanol–water partition coefficient (Wildman–Crippen LogP) is 1.64. The van der Waals surface area contributed by atoms with Crippen LogP contribution >= 0.6 is 0 Å². The standard InChI is InChI=1S/C27H37N5O5/c1-37-22-3-2-20(17-21(22)32-11-5-24(34)29-26(32)36)25(35)31-12-7-27(8-13-31)6-4-19(16-23(27)33)18-30-14-9-28-10-15-30/h2-3,17,19,28H,4-16,18H2,1H3,(H,29,34,36). The number of rotatable bonds is 5. The Balaban J connectivity index is 1.21. The number of Topliss-reactive ketones (excluding diaryl/α,β-unsaturated/α-hetero) is 1. The maximum Gasteiger partial charge on any atom is 0.328 e. The molecule has 4 fully saturated rings. The summed E-state index contributed by atoms with van der Waals surface area (Å²) < 4.78 is 5.42. The van der Waals surface area contributed by atoms with E-state index in [2.05, 4.69) is 15.5 Å². The van der Waals surface area contributed by atoms with Gasteiger partial charge in [0.15, 0.2) is 0 Å². The fraction of sp³-hybridized carbons (Fsp3) is 0.630. The van der Waals surface area contributed by atoms with Crippen LogP contribution in [0.3, 0.4) is 0 Å². The molecule has 37 heavy (non-hydrogen) atoms. The van der Waals surface area contributed by atoms with Crippen LogP contribution in [0, 0.1) is 11.3 Å². The molecule has 0 radical (unpaired) electrons. The summed E-state index contributed by atoms with van der Waals surface area (Å²) in [5.41, 5.74) is 0.632. The average Bonchev–Trinajstić information content (AvgIpc) is 2.91. The first kappa shape index (κ1) is 25.7. The van der Waals surface area contributed by atoms with Crippen molar-refractivity contribution in [1.29, 1.82) is 0 Å². The maximum atomic E-state index is 13.4. The van der Waals surface area contributed by atoms with Crippen molar-refractivity contribution in [2.24, 2.45) is 11.3 Å². The number of piperidine rings is 1. The summed E-state index contributed by atoms with van der Waals surface area (Å²) in [4.78, 5) is 56.4. The molecule has 0 aromatic heterocycles. The van der Waals surface area contributed by atoms with Crippen LogP contribution in [0.4, 0.5) is 10.5 Å². The van der Waals surface area contributed by atoms with Crippen LogP contribution < -0.4 is 20.3 Å². The number of benzene rings is 1. The van der Waals surface area contributed by atoms with Crippen LogP contribution in [-0.2, 0) is 9.59 Å². The number of carbonyl (C=O) groups excluding carboxylic acids is 4. The SMILES string of the molecule is COc1ccc(C(=O)N2CCC3(CCC(CN4CCNCC4)CC3=O)CC2)cc1N1CCC(=O)NC1=O. The number of hydrogen-bond donors (Lipinski definition) is 2. The lowest BCUT2D eigenvalue weighted by Gasteiger charge is -2.45. The van der Waals surface area contributed by atoms with Gasteiger partial charge < -0.3 is 19.9 Å². The summed E-state index contributed by atoms with van der Waals surface area (Å²) in [6, 6.07) is 4.52. The molecule has 3 heterocycles. The van der Waals surface area contributed by atoms with Crippen molar-refractivity contribution in [3.8, 4) is 5.75 Å². The van der Waals surface area contributed by atoms with Gasteiger partial charge in [0.25, 0.3) is 5.91 Å². The number of amides is 4. The quantitative estimate of drug-likeness (QED) is 0.618. The number of urea groups is 1. The Labute approximate surface area is 217 Å². The molecule has 1 aromatic rings. The second-order valence-electron chi connectivity index (χ2n) is 10.8. The van der Waals surface area contributed by atoms with Crippen LogP contribution in [0.25, 0.3) is 0 Å². The van der Waals surface area contributed by atoms with E-state index in [1.54, 1.807) is 18.2 Å². The van der Waals surface area contributed by atoms with Gasteiger partial charge in [-0.1, -0.05) is 0 Å². The van der Waals surface area contributed by atoms with Crippen molar-refractivity contribution in [2.45, 2.75) is 38.5 Å². The molecular weight excluding hydrogens is 474 g/mol. The van der Waals surface area contributed by atoms with Gasteiger partial charge in [-0.05, 0) is 49.8 Å². The van der Waals surface area contributed by atoms with E-state index >= 15 is 0 Å². The largest absolute Gasteiger partial charge is 0.495 e. The highest BCUT2D eigenvalue weighted by Gasteiger charge is 2.45. The third-order valence-electron chi connectivity index (χ3n) is 8.60. The Morgan fingerprint density at radius 1 is 1.05 bits per heavy atom. The van der Waals surface area contributed by atoms with Gasteiger partial charge in [-0.2, -0.15) is 0 Å². The molecule has 4 aliphatic rings. The predicted molar refractivity (Wildman–Crippen MR) is 138 cm³/mol. The van der Waals surface area contributed by atoms with Gasteiger partial charge in [0.05, 0.1) is 12.8 Å². The number of likely N-dealkylation sites (tertiary alicyclic amines) is 1. The fourth-order valence-electron chi connectivity index (χ4n) is 6.29. The summed E-state index contributed by atoms with van der Waals surface area (Å²) in [7, 11) is 1.51. The van der Waals surface area contributed by atoms with Gasteiger partial charge in [0.1, 0.15) is 11.5 Å². The Hall–Kier alpha value is -2.98. The molecule has 4 amide bonds. The molecule has 1 atom stereocenters. The molecule has 5 rings (SSSR count). The number of ketones is 1. The van der Waals surface area contributed by atoms with E-state index in [0.717, 1.165) is 45.6 Å². The molecular formula is C27H37N5O5. The Morgan fingerprint density at radius 3 is 2.49 bits per heavy atom. The van der Waals surface area contributed by atoms with Gasteiger partial charge >= 0.3 is 6.03 Å². The number of imide groups is 1. The minimum atomic E-state index is -0.523. The van der Waals surface area contributed by atoms with Crippen LogP contribution in [0.5, 0.6) is 5.75 Å². The minimum absolute atomic E-state index is 0.118. The van der Waals surface area contributed by atoms with Crippen molar-refractivity contribution in [1.82, 2.24) is 20.4 Å². The molecule has 1 saturated carbocycles. The topological polar surface area (TPSA) is 111 Å². The van der Waals surface area contributed by atoms with Crippen molar-refractivity contribution >= 4 is 29.3 Å². The first-order valence-electron chi connectivity index (χ1n) is 13.4. The molecule has 10 nitrogen and oxygen atoms in total. The summed E-state index contributed by atoms with van der Waals surface area (Å²) in [6.07, 6.45) is 4.24. The number of methoxy groups -OCH3 is 1. The Bertz CT molecular complexity index is 1060. The number of hydrogen-bond acceptors (Lipinski definition) is 7. The molecule has 3 saturated heterocycles. The van der Waals surface area contributed by atoms with E-state index in [1.165, 1.54) is 12.0 Å². The molecule has 0 bridgehead atoms. The minimum Gasteiger partial charge on any atom is -0.495 e. The first-order chi connectivity index (χ1) is 17.9. The van der Waals surface area contributed by atoms with Gasteiger partial charge in [-0.15, -0.1) is 0 Å². The molecule has 200 valence electrons. The monoisotopic (exact) mass is 511 g/mol. The zero-order valence-electron chi connectivity index (χ0n) is 21.6. The highest BCUT2D eigenvalue weighted by atomic mass is 16.5. The number of piperazine rings is 1. The third kappa shape index (κ3) is 5.36. The Kier molecular flexibility index (Phi) is 7.48. The number of anilines is 1. The van der Waals surface area contributed by atoms with E-state index in [-0.39, 0.29) is 30.2 Å². The zero-order valence-corrected chi connectivity index (χ0v) is 21.6. The maximum absolute atomic E-state index is 13.4. The van der Waals surface area contributed by atoms with Crippen molar-refractivity contribution in [3.63, 3.8) is 0 Å². The summed E-state index contributed by atoms with van der Waals surface area (Å²) in [6.45, 7) is 6.49. The van der Waals surface area contributed by atoms with E-state index in [4.69, 9.17) is 4.74 Å². The van der Waals surface area contributed by atoms with Crippen molar-refractivity contribution < 1.29 is 23.9 Å². The van der Waals surface area contributed by atoms with Crippen LogP contribution in [0.2, 0.25) is 0 Å². The number of nitrogens with one attached hydrogen (secondary N) is 2. The van der Waals surface area contributed by atoms with Crippen molar-refractivity contribution in [2.75, 3.05) is 64.4 Å². The van der Waals surface area contributed by atoms with Gasteiger partial charge in [0, 0.05) is 76.2 Å². The van der Waals surface area contributed by atoms with Crippen LogP contribution in [0.15, 0.2) is 18.2 Å². The molecule has 2 N–H and O–H groups in total. The van der Waals surface area contributed by atoms with Gasteiger partial charge in [-0.25, -0.2) is 4.79 Å². The number of nitrogens with zero attached hydrogens (tertiary/aromatic N) is 3. The molecule has 10 heteroatoms. The summed E-state index contributed by atoms with van der Waals surface area (Å²) in [5.74, 6) is 0.843. The first-order valence-corrected chi connectivity index (χ1v) is 13.4. The zero-order chi connectivity index (χ0) is 26.0. The highest BCUT2D eigenvalue weighted by Crippen LogP contribution is 2.44. The summed E-state index contributed by atoms with van der Waals surface area (Å²) in [5, 5.41) is 5.70. The lowest BCUT2D eigenvalue weighted by atomic mass is 9.64. The second-order valence-corrected chi connectivity index (χ2v) is 10.8. The molecule has 1 aromatic carbocycles. The van der Waals surface area contributed by atoms with Crippen LogP contribution in [0.1, 0.15) is 48.9 Å². The molecule has 1 aliphatic carbocycles. The van der Waals surface area contributed by atoms with E-state index < -0.39 is 6.03 Å². The molecule has 1 spiro atoms. The molecule has 1 unspecified atom stereocenters. The molecule has 3 aliphatic heterocycles. The number of ether oxygens (including phenoxy) is 1. The van der Waals surface area contributed by atoms with E-state index in [9.17, 15) is 19.2 Å². The fourth-order valence-corrected chi connectivity index (χ4v) is 6.29. The summed E-state index contributed by atoms with van der Waals surface area (Å²) >= 11 is 0. The smallest absolute Gasteiger partial charge is 0.328 e. The Morgan fingerprint density at radius 2 is 1.81 bits per heavy atom. The van der Waals surface area contributed by atoms with Crippen LogP contribution in [-0.4, -0.2) is 92.9 Å². The third-order valence-corrected chi connectivity index (χ3v) is 8.60. The van der Waals surface area contributed by atoms with E-state index in [0.29, 0.717) is 61.1 Å². The van der Waals surface area contributed by atoms with Crippen molar-refractivity contribution in [3.05, 3.63) is 23.8 Å². The van der Waals surface area contributed by atoms with E-state index in [1.807, 2.05) is 4.90 Å². The second kappa shape index (κ2) is 10.8. The normalized spacial score (nSPS) is 24.8. The highest BCUT2D eigenvalue weighted by molar-refractivity contribution is 6.07. The van der Waals surface area contributed by atoms with Gasteiger partial charge in [-0.3, -0.25) is 24.6 Å².